The molecule has 1 saturated heterocycles. The number of carbonyl (C=O) groups is 1. The Morgan fingerprint density at radius 3 is 2.46 bits per heavy atom. The van der Waals surface area contributed by atoms with Crippen molar-refractivity contribution in [3.63, 3.8) is 0 Å². The lowest BCUT2D eigenvalue weighted by Crippen LogP contribution is -2.47. The van der Waals surface area contributed by atoms with Gasteiger partial charge in [0.15, 0.2) is 0 Å². The van der Waals surface area contributed by atoms with Crippen LogP contribution in [0.25, 0.3) is 0 Å². The fourth-order valence-electron chi connectivity index (χ4n) is 4.01. The molecule has 146 valence electrons. The number of benzene rings is 2. The van der Waals surface area contributed by atoms with E-state index in [0.29, 0.717) is 42.4 Å². The topological polar surface area (TPSA) is 59.0 Å². The fraction of sp³-hybridized carbons (Fsp3) is 0.409. The molecule has 3 aliphatic rings. The van der Waals surface area contributed by atoms with Gasteiger partial charge in [0.1, 0.15) is 11.9 Å². The van der Waals surface area contributed by atoms with Crippen LogP contribution in [0.1, 0.15) is 42.1 Å². The first-order valence-corrected chi connectivity index (χ1v) is 9.76. The molecular weight excluding hydrogens is 361 g/mol. The lowest BCUT2D eigenvalue weighted by Gasteiger charge is -2.32. The van der Waals surface area contributed by atoms with E-state index in [1.54, 1.807) is 23.1 Å². The van der Waals surface area contributed by atoms with Gasteiger partial charge in [-0.2, -0.15) is 0 Å². The average molecular weight is 383 g/mol. The quantitative estimate of drug-likeness (QED) is 0.881. The maximum atomic E-state index is 13.3. The highest BCUT2D eigenvalue weighted by Gasteiger charge is 2.55. The Morgan fingerprint density at radius 1 is 1.11 bits per heavy atom. The van der Waals surface area contributed by atoms with E-state index in [9.17, 15) is 14.3 Å². The van der Waals surface area contributed by atoms with Gasteiger partial charge in [0.2, 0.25) is 0 Å². The lowest BCUT2D eigenvalue weighted by atomic mass is 9.96. The molecule has 6 heteroatoms. The Balaban J connectivity index is 1.55. The van der Waals surface area contributed by atoms with Gasteiger partial charge in [-0.3, -0.25) is 4.79 Å². The minimum Gasteiger partial charge on any atom is -0.384 e. The molecule has 1 amide bonds. The van der Waals surface area contributed by atoms with Crippen molar-refractivity contribution in [3.05, 3.63) is 65.0 Å². The summed E-state index contributed by atoms with van der Waals surface area (Å²) in [5, 5.41) is 10.8. The number of aliphatic hydroxyl groups is 1. The van der Waals surface area contributed by atoms with E-state index in [1.165, 1.54) is 12.1 Å². The number of anilines is 1. The van der Waals surface area contributed by atoms with E-state index < -0.39 is 11.9 Å². The summed E-state index contributed by atoms with van der Waals surface area (Å²) in [7, 11) is 0. The monoisotopic (exact) mass is 383 g/mol. The predicted molar refractivity (Wildman–Crippen MR) is 100 cm³/mol. The highest BCUT2D eigenvalue weighted by atomic mass is 19.1. The van der Waals surface area contributed by atoms with Crippen LogP contribution in [-0.2, 0) is 20.1 Å². The molecule has 1 spiro atoms. The van der Waals surface area contributed by atoms with Crippen LogP contribution in [0.2, 0.25) is 0 Å². The summed E-state index contributed by atoms with van der Waals surface area (Å²) in [6, 6.07) is 11.2. The number of rotatable bonds is 4. The number of amides is 1. The van der Waals surface area contributed by atoms with Crippen molar-refractivity contribution in [3.8, 4) is 0 Å². The number of ether oxygens (including phenoxy) is 2. The number of halogens is 1. The fourth-order valence-corrected chi connectivity index (χ4v) is 4.01. The van der Waals surface area contributed by atoms with E-state index in [4.69, 9.17) is 9.47 Å². The number of nitrogens with zero attached hydrogens (tertiary/aromatic N) is 1. The average Bonchev–Trinajstić information content (AvgIpc) is 3.53. The Morgan fingerprint density at radius 2 is 1.79 bits per heavy atom. The Kier molecular flexibility index (Phi) is 4.23. The Hall–Kier alpha value is -2.28. The zero-order chi connectivity index (χ0) is 19.3. The second-order valence-electron chi connectivity index (χ2n) is 7.76. The molecule has 1 aliphatic carbocycles. The second-order valence-corrected chi connectivity index (χ2v) is 7.76. The van der Waals surface area contributed by atoms with Crippen LogP contribution >= 0.6 is 0 Å². The van der Waals surface area contributed by atoms with Gasteiger partial charge in [-0.25, -0.2) is 4.39 Å². The molecule has 2 aliphatic heterocycles. The van der Waals surface area contributed by atoms with Gasteiger partial charge in [-0.1, -0.05) is 18.2 Å². The van der Waals surface area contributed by atoms with Crippen LogP contribution in [0.5, 0.6) is 0 Å². The van der Waals surface area contributed by atoms with Crippen LogP contribution in [0, 0.1) is 11.7 Å². The second kappa shape index (κ2) is 6.65. The highest BCUT2D eigenvalue weighted by Crippen LogP contribution is 2.47. The Bertz CT molecular complexity index is 903. The largest absolute Gasteiger partial charge is 0.384 e. The van der Waals surface area contributed by atoms with E-state index in [0.717, 1.165) is 24.9 Å². The first-order valence-electron chi connectivity index (χ1n) is 9.76. The van der Waals surface area contributed by atoms with Gasteiger partial charge in [-0.05, 0) is 60.6 Å². The molecule has 0 radical (unpaired) electrons. The van der Waals surface area contributed by atoms with Gasteiger partial charge < -0.3 is 19.5 Å². The molecule has 2 heterocycles. The minimum atomic E-state index is -1.42. The summed E-state index contributed by atoms with van der Waals surface area (Å²) in [5.74, 6) is -1.42. The number of carbonyl (C=O) groups excluding carboxylic acids is 1. The third kappa shape index (κ3) is 2.83. The van der Waals surface area contributed by atoms with Crippen molar-refractivity contribution in [1.82, 2.24) is 0 Å². The molecule has 1 unspecified atom stereocenters. The Labute approximate surface area is 162 Å². The highest BCUT2D eigenvalue weighted by molar-refractivity contribution is 6.06. The van der Waals surface area contributed by atoms with Crippen LogP contribution in [0.3, 0.4) is 0 Å². The number of hydrogen-bond acceptors (Lipinski definition) is 4. The minimum absolute atomic E-state index is 0.178. The van der Waals surface area contributed by atoms with Gasteiger partial charge in [0.25, 0.3) is 11.7 Å². The maximum absolute atomic E-state index is 13.3. The lowest BCUT2D eigenvalue weighted by molar-refractivity contribution is -0.256. The van der Waals surface area contributed by atoms with Gasteiger partial charge in [0, 0.05) is 12.1 Å². The summed E-state index contributed by atoms with van der Waals surface area (Å²) in [4.78, 5) is 15.0. The third-order valence-corrected chi connectivity index (χ3v) is 5.73. The molecular formula is C22H22FNO4. The van der Waals surface area contributed by atoms with Crippen LogP contribution < -0.4 is 4.90 Å². The van der Waals surface area contributed by atoms with Crippen molar-refractivity contribution >= 4 is 11.6 Å². The van der Waals surface area contributed by atoms with E-state index in [-0.39, 0.29) is 11.7 Å². The van der Waals surface area contributed by atoms with Crippen molar-refractivity contribution in [2.75, 3.05) is 24.7 Å². The van der Waals surface area contributed by atoms with E-state index in [2.05, 4.69) is 0 Å². The van der Waals surface area contributed by atoms with Gasteiger partial charge in [-0.15, -0.1) is 0 Å². The third-order valence-electron chi connectivity index (χ3n) is 5.73. The normalized spacial score (nSPS) is 21.8. The summed E-state index contributed by atoms with van der Waals surface area (Å²) in [5.41, 5.74) is 2.63. The molecule has 2 aromatic carbocycles. The molecule has 1 saturated carbocycles. The van der Waals surface area contributed by atoms with Crippen molar-refractivity contribution in [1.29, 1.82) is 0 Å². The molecule has 0 aromatic heterocycles. The summed E-state index contributed by atoms with van der Waals surface area (Å²) in [6.45, 7) is 1.57. The molecule has 28 heavy (non-hydrogen) atoms. The van der Waals surface area contributed by atoms with Crippen LogP contribution in [0.4, 0.5) is 10.1 Å². The van der Waals surface area contributed by atoms with Gasteiger partial charge >= 0.3 is 0 Å². The van der Waals surface area contributed by atoms with Crippen molar-refractivity contribution < 1.29 is 23.8 Å². The first kappa shape index (κ1) is 17.8. The van der Waals surface area contributed by atoms with Crippen molar-refractivity contribution in [2.45, 2.75) is 31.2 Å². The SMILES string of the molecule is O=C1N(CC2CC2)c2ccc(C(O)c3ccc(F)cc3)cc2C12OCCCO2. The molecule has 1 atom stereocenters. The summed E-state index contributed by atoms with van der Waals surface area (Å²) >= 11 is 0. The molecule has 2 fully saturated rings. The van der Waals surface area contributed by atoms with Crippen LogP contribution in [0.15, 0.2) is 42.5 Å². The van der Waals surface area contributed by atoms with E-state index in [1.807, 2.05) is 12.1 Å². The molecule has 5 rings (SSSR count). The first-order chi connectivity index (χ1) is 13.6. The zero-order valence-electron chi connectivity index (χ0n) is 15.4. The summed E-state index contributed by atoms with van der Waals surface area (Å²) in [6.07, 6.45) is 2.08. The van der Waals surface area contributed by atoms with E-state index >= 15 is 0 Å². The summed E-state index contributed by atoms with van der Waals surface area (Å²) < 4.78 is 25.0. The zero-order valence-corrected chi connectivity index (χ0v) is 15.4. The molecule has 5 nitrogen and oxygen atoms in total. The number of hydrogen-bond donors (Lipinski definition) is 1. The molecule has 2 aromatic rings. The molecule has 1 N–H and O–H groups in total. The maximum Gasteiger partial charge on any atom is 0.292 e. The van der Waals surface area contributed by atoms with Crippen molar-refractivity contribution in [2.24, 2.45) is 5.92 Å². The smallest absolute Gasteiger partial charge is 0.292 e. The standard InChI is InChI=1S/C22H22FNO4/c23-17-7-4-15(5-8-17)20(25)16-6-9-19-18(12-16)22(27-10-1-11-28-22)21(26)24(19)13-14-2-3-14/h4-9,12,14,20,25H,1-3,10-11,13H2. The molecule has 0 bridgehead atoms. The van der Waals surface area contributed by atoms with Gasteiger partial charge in [0.05, 0.1) is 18.9 Å². The van der Waals surface area contributed by atoms with Crippen LogP contribution in [-0.4, -0.2) is 30.8 Å². The number of aliphatic hydroxyl groups excluding tert-OH is 1. The predicted octanol–water partition coefficient (Wildman–Crippen LogP) is 3.25. The number of fused-ring (bicyclic) bond motifs is 2.